The van der Waals surface area contributed by atoms with Crippen LogP contribution in [0, 0.1) is 11.3 Å². The van der Waals surface area contributed by atoms with Gasteiger partial charge in [-0.2, -0.15) is 5.26 Å². The highest BCUT2D eigenvalue weighted by Gasteiger charge is 2.17. The zero-order chi connectivity index (χ0) is 14.6. The van der Waals surface area contributed by atoms with Crippen LogP contribution in [0.5, 0.6) is 5.75 Å². The molecule has 0 amide bonds. The molecule has 0 aliphatic rings. The van der Waals surface area contributed by atoms with Gasteiger partial charge < -0.3 is 5.11 Å². The Morgan fingerprint density at radius 2 is 1.75 bits per heavy atom. The van der Waals surface area contributed by atoms with Gasteiger partial charge in [-0.05, 0) is 29.8 Å². The molecular formula is C14H12N2O3S. The fourth-order valence-electron chi connectivity index (χ4n) is 1.68. The number of hydrogen-bond acceptors (Lipinski definition) is 4. The molecule has 2 aromatic carbocycles. The van der Waals surface area contributed by atoms with Gasteiger partial charge in [0, 0.05) is 5.69 Å². The smallest absolute Gasteiger partial charge is 0.265 e. The van der Waals surface area contributed by atoms with E-state index in [0.29, 0.717) is 5.69 Å². The maximum absolute atomic E-state index is 12.1. The lowest BCUT2D eigenvalue weighted by molar-refractivity contribution is 0.459. The van der Waals surface area contributed by atoms with E-state index in [2.05, 4.69) is 4.72 Å². The lowest BCUT2D eigenvalue weighted by Crippen LogP contribution is -2.13. The standard InChI is InChI=1S/C14H12N2O3S/c15-10-9-11-5-7-12(8-6-11)16-20(18,19)14-4-2-1-3-13(14)17/h1-8,16-17H,9H2. The Bertz CT molecular complexity index is 747. The molecule has 0 atom stereocenters. The van der Waals surface area contributed by atoms with Gasteiger partial charge >= 0.3 is 0 Å². The largest absolute Gasteiger partial charge is 0.507 e. The van der Waals surface area contributed by atoms with E-state index in [1.807, 2.05) is 6.07 Å². The van der Waals surface area contributed by atoms with Crippen molar-refractivity contribution in [1.82, 2.24) is 0 Å². The highest BCUT2D eigenvalue weighted by Crippen LogP contribution is 2.24. The van der Waals surface area contributed by atoms with E-state index in [1.54, 1.807) is 30.3 Å². The van der Waals surface area contributed by atoms with E-state index in [9.17, 15) is 13.5 Å². The lowest BCUT2D eigenvalue weighted by Gasteiger charge is -2.09. The topological polar surface area (TPSA) is 90.2 Å². The average Bonchev–Trinajstić information content (AvgIpc) is 2.41. The number of nitriles is 1. The molecule has 0 heterocycles. The Kier molecular flexibility index (Phi) is 3.91. The molecule has 2 aromatic rings. The molecule has 0 unspecified atom stereocenters. The molecular weight excluding hydrogens is 276 g/mol. The second kappa shape index (κ2) is 5.63. The summed E-state index contributed by atoms with van der Waals surface area (Å²) in [5.41, 5.74) is 1.17. The van der Waals surface area contributed by atoms with Crippen molar-refractivity contribution < 1.29 is 13.5 Å². The van der Waals surface area contributed by atoms with Gasteiger partial charge in [0.15, 0.2) is 0 Å². The van der Waals surface area contributed by atoms with Crippen LogP contribution in [0.4, 0.5) is 5.69 Å². The van der Waals surface area contributed by atoms with Crippen molar-refractivity contribution >= 4 is 15.7 Å². The molecule has 2 rings (SSSR count). The molecule has 0 aliphatic heterocycles. The third-order valence-corrected chi connectivity index (χ3v) is 4.07. The fourth-order valence-corrected chi connectivity index (χ4v) is 2.83. The summed E-state index contributed by atoms with van der Waals surface area (Å²) >= 11 is 0. The van der Waals surface area contributed by atoms with Crippen LogP contribution >= 0.6 is 0 Å². The Morgan fingerprint density at radius 3 is 2.35 bits per heavy atom. The van der Waals surface area contributed by atoms with Crippen molar-refractivity contribution in [2.45, 2.75) is 11.3 Å². The zero-order valence-corrected chi connectivity index (χ0v) is 11.3. The predicted octanol–water partition coefficient (Wildman–Crippen LogP) is 2.26. The minimum absolute atomic E-state index is 0.180. The third kappa shape index (κ3) is 3.08. The van der Waals surface area contributed by atoms with Crippen LogP contribution < -0.4 is 4.72 Å². The van der Waals surface area contributed by atoms with Crippen molar-refractivity contribution in [1.29, 1.82) is 5.26 Å². The van der Waals surface area contributed by atoms with E-state index in [4.69, 9.17) is 5.26 Å². The summed E-state index contributed by atoms with van der Waals surface area (Å²) in [5.74, 6) is -0.305. The Hall–Kier alpha value is -2.52. The van der Waals surface area contributed by atoms with Crippen molar-refractivity contribution in [3.8, 4) is 11.8 Å². The van der Waals surface area contributed by atoms with Crippen LogP contribution in [-0.2, 0) is 16.4 Å². The average molecular weight is 288 g/mol. The van der Waals surface area contributed by atoms with Crippen molar-refractivity contribution in [2.24, 2.45) is 0 Å². The molecule has 5 nitrogen and oxygen atoms in total. The number of rotatable bonds is 4. The van der Waals surface area contributed by atoms with Crippen LogP contribution in [0.15, 0.2) is 53.4 Å². The minimum atomic E-state index is -3.83. The van der Waals surface area contributed by atoms with Gasteiger partial charge in [-0.3, -0.25) is 4.72 Å². The van der Waals surface area contributed by atoms with Crippen LogP contribution in [0.2, 0.25) is 0 Å². The van der Waals surface area contributed by atoms with Gasteiger partial charge in [0.2, 0.25) is 0 Å². The van der Waals surface area contributed by atoms with Gasteiger partial charge in [0.25, 0.3) is 10.0 Å². The summed E-state index contributed by atoms with van der Waals surface area (Å²) in [5, 5.41) is 18.1. The molecule has 0 saturated carbocycles. The van der Waals surface area contributed by atoms with Gasteiger partial charge in [-0.25, -0.2) is 8.42 Å². The number of aromatic hydroxyl groups is 1. The molecule has 102 valence electrons. The minimum Gasteiger partial charge on any atom is -0.507 e. The highest BCUT2D eigenvalue weighted by atomic mass is 32.2. The van der Waals surface area contributed by atoms with Crippen LogP contribution in [-0.4, -0.2) is 13.5 Å². The van der Waals surface area contributed by atoms with Crippen molar-refractivity contribution in [2.75, 3.05) is 4.72 Å². The molecule has 0 spiro atoms. The number of anilines is 1. The Labute approximate surface area is 117 Å². The molecule has 0 aliphatic carbocycles. The molecule has 20 heavy (non-hydrogen) atoms. The fraction of sp³-hybridized carbons (Fsp3) is 0.0714. The number of hydrogen-bond donors (Lipinski definition) is 2. The second-order valence-corrected chi connectivity index (χ2v) is 5.76. The number of phenolic OH excluding ortho intramolecular Hbond substituents is 1. The highest BCUT2D eigenvalue weighted by molar-refractivity contribution is 7.92. The van der Waals surface area contributed by atoms with E-state index in [-0.39, 0.29) is 17.1 Å². The number of sulfonamides is 1. The summed E-state index contributed by atoms with van der Waals surface area (Å²) in [6.45, 7) is 0. The summed E-state index contributed by atoms with van der Waals surface area (Å²) in [6.07, 6.45) is 0.270. The monoisotopic (exact) mass is 288 g/mol. The van der Waals surface area contributed by atoms with Gasteiger partial charge in [0.05, 0.1) is 12.5 Å². The zero-order valence-electron chi connectivity index (χ0n) is 10.4. The number of nitrogens with one attached hydrogen (secondary N) is 1. The summed E-state index contributed by atoms with van der Waals surface area (Å²) in [6, 6.07) is 14.2. The van der Waals surface area contributed by atoms with Crippen LogP contribution in [0.3, 0.4) is 0 Å². The van der Waals surface area contributed by atoms with E-state index < -0.39 is 10.0 Å². The van der Waals surface area contributed by atoms with Crippen LogP contribution in [0.25, 0.3) is 0 Å². The molecule has 2 N–H and O–H groups in total. The first kappa shape index (κ1) is 13.9. The predicted molar refractivity (Wildman–Crippen MR) is 74.7 cm³/mol. The maximum Gasteiger partial charge on any atom is 0.265 e. The van der Waals surface area contributed by atoms with Crippen molar-refractivity contribution in [3.05, 3.63) is 54.1 Å². The van der Waals surface area contributed by atoms with Crippen molar-refractivity contribution in [3.63, 3.8) is 0 Å². The third-order valence-electron chi connectivity index (χ3n) is 2.64. The summed E-state index contributed by atoms with van der Waals surface area (Å²) in [4.78, 5) is -0.180. The number of benzene rings is 2. The molecule has 6 heteroatoms. The molecule has 0 radical (unpaired) electrons. The van der Waals surface area contributed by atoms with E-state index in [0.717, 1.165) is 5.56 Å². The molecule has 0 saturated heterocycles. The molecule has 0 fully saturated rings. The summed E-state index contributed by atoms with van der Waals surface area (Å²) in [7, 11) is -3.83. The number of para-hydroxylation sites is 1. The van der Waals surface area contributed by atoms with E-state index in [1.165, 1.54) is 18.2 Å². The number of phenols is 1. The lowest BCUT2D eigenvalue weighted by atomic mass is 10.1. The second-order valence-electron chi connectivity index (χ2n) is 4.11. The first-order valence-corrected chi connectivity index (χ1v) is 7.28. The van der Waals surface area contributed by atoms with Gasteiger partial charge in [-0.1, -0.05) is 24.3 Å². The molecule has 0 aromatic heterocycles. The first-order valence-electron chi connectivity index (χ1n) is 5.79. The SMILES string of the molecule is N#CCc1ccc(NS(=O)(=O)c2ccccc2O)cc1. The van der Waals surface area contributed by atoms with Gasteiger partial charge in [-0.15, -0.1) is 0 Å². The first-order chi connectivity index (χ1) is 9.53. The van der Waals surface area contributed by atoms with Gasteiger partial charge in [0.1, 0.15) is 10.6 Å². The number of nitrogens with zero attached hydrogens (tertiary/aromatic N) is 1. The summed E-state index contributed by atoms with van der Waals surface area (Å²) < 4.78 is 26.6. The Morgan fingerprint density at radius 1 is 1.10 bits per heavy atom. The molecule has 0 bridgehead atoms. The Balaban J connectivity index is 2.25. The maximum atomic E-state index is 12.1. The van der Waals surface area contributed by atoms with Crippen LogP contribution in [0.1, 0.15) is 5.56 Å². The van der Waals surface area contributed by atoms with E-state index >= 15 is 0 Å². The quantitative estimate of drug-likeness (QED) is 0.903. The normalized spacial score (nSPS) is 10.8.